The van der Waals surface area contributed by atoms with Gasteiger partial charge in [0.25, 0.3) is 0 Å². The molecule has 0 amide bonds. The van der Waals surface area contributed by atoms with Crippen molar-refractivity contribution in [2.75, 3.05) is 18.2 Å². The second kappa shape index (κ2) is 5.80. The molecule has 0 aliphatic carbocycles. The van der Waals surface area contributed by atoms with Crippen LogP contribution >= 0.6 is 15.9 Å². The van der Waals surface area contributed by atoms with Crippen LogP contribution in [0.4, 0.5) is 21.5 Å². The number of anilines is 3. The lowest BCUT2D eigenvalue weighted by Gasteiger charge is -2.12. The minimum Gasteiger partial charge on any atom is -0.495 e. The fourth-order valence-electron chi connectivity index (χ4n) is 1.70. The number of nitrogens with zero attached hydrogens (tertiary/aromatic N) is 1. The molecule has 0 aromatic heterocycles. The largest absolute Gasteiger partial charge is 0.495 e. The molecular formula is C14H11BrFN3O. The van der Waals surface area contributed by atoms with Crippen molar-refractivity contribution in [1.29, 1.82) is 5.26 Å². The van der Waals surface area contributed by atoms with E-state index >= 15 is 0 Å². The fraction of sp³-hybridized carbons (Fsp3) is 0.0714. The summed E-state index contributed by atoms with van der Waals surface area (Å²) in [7, 11) is 1.45. The van der Waals surface area contributed by atoms with Crippen LogP contribution in [0.15, 0.2) is 34.8 Å². The molecule has 2 aromatic rings. The van der Waals surface area contributed by atoms with Crippen molar-refractivity contribution in [3.63, 3.8) is 0 Å². The van der Waals surface area contributed by atoms with E-state index in [1.54, 1.807) is 18.2 Å². The predicted octanol–water partition coefficient (Wildman–Crippen LogP) is 3.79. The molecule has 0 aliphatic rings. The van der Waals surface area contributed by atoms with E-state index in [1.807, 2.05) is 6.07 Å². The number of halogens is 2. The zero-order valence-corrected chi connectivity index (χ0v) is 12.2. The Hall–Kier alpha value is -2.26. The maximum atomic E-state index is 13.9. The van der Waals surface area contributed by atoms with Crippen LogP contribution in [0.3, 0.4) is 0 Å². The minimum atomic E-state index is -0.518. The average Bonchev–Trinajstić information content (AvgIpc) is 2.43. The smallest absolute Gasteiger partial charge is 0.148 e. The Morgan fingerprint density at radius 2 is 2.05 bits per heavy atom. The van der Waals surface area contributed by atoms with Crippen LogP contribution in [-0.4, -0.2) is 7.11 Å². The van der Waals surface area contributed by atoms with Crippen molar-refractivity contribution in [3.8, 4) is 11.8 Å². The molecule has 0 aliphatic heterocycles. The quantitative estimate of drug-likeness (QED) is 0.837. The second-order valence-corrected chi connectivity index (χ2v) is 4.92. The van der Waals surface area contributed by atoms with Crippen molar-refractivity contribution in [2.24, 2.45) is 0 Å². The summed E-state index contributed by atoms with van der Waals surface area (Å²) in [5.74, 6) is -0.153. The second-order valence-electron chi connectivity index (χ2n) is 4.00. The molecule has 4 nitrogen and oxygen atoms in total. The van der Waals surface area contributed by atoms with Crippen LogP contribution < -0.4 is 15.8 Å². The van der Waals surface area contributed by atoms with Crippen molar-refractivity contribution < 1.29 is 9.13 Å². The Kier molecular flexibility index (Phi) is 4.11. The molecule has 0 spiro atoms. The monoisotopic (exact) mass is 335 g/mol. The summed E-state index contributed by atoms with van der Waals surface area (Å²) in [6, 6.07) is 9.76. The fourth-order valence-corrected chi connectivity index (χ4v) is 2.07. The van der Waals surface area contributed by atoms with E-state index in [1.165, 1.54) is 19.2 Å². The van der Waals surface area contributed by atoms with E-state index < -0.39 is 5.82 Å². The number of rotatable bonds is 3. The lowest BCUT2D eigenvalue weighted by molar-refractivity contribution is 0.416. The summed E-state index contributed by atoms with van der Waals surface area (Å²) in [5, 5.41) is 12.0. The van der Waals surface area contributed by atoms with E-state index in [0.717, 1.165) is 4.47 Å². The number of methoxy groups -OCH3 is 1. The molecule has 3 N–H and O–H groups in total. The predicted molar refractivity (Wildman–Crippen MR) is 79.5 cm³/mol. The topological polar surface area (TPSA) is 71.1 Å². The molecule has 0 atom stereocenters. The highest BCUT2D eigenvalue weighted by molar-refractivity contribution is 9.10. The van der Waals surface area contributed by atoms with Crippen molar-refractivity contribution in [3.05, 3.63) is 46.2 Å². The molecule has 20 heavy (non-hydrogen) atoms. The minimum absolute atomic E-state index is 0.190. The van der Waals surface area contributed by atoms with Gasteiger partial charge in [0.05, 0.1) is 29.7 Å². The van der Waals surface area contributed by atoms with Gasteiger partial charge in [0.1, 0.15) is 17.6 Å². The third kappa shape index (κ3) is 2.83. The van der Waals surface area contributed by atoms with Crippen molar-refractivity contribution >= 4 is 33.0 Å². The molecule has 0 heterocycles. The van der Waals surface area contributed by atoms with Crippen molar-refractivity contribution in [2.45, 2.75) is 0 Å². The number of nitriles is 1. The Morgan fingerprint density at radius 3 is 2.70 bits per heavy atom. The van der Waals surface area contributed by atoms with Gasteiger partial charge in [0, 0.05) is 16.6 Å². The summed E-state index contributed by atoms with van der Waals surface area (Å²) < 4.78 is 19.7. The normalized spacial score (nSPS) is 9.90. The van der Waals surface area contributed by atoms with Gasteiger partial charge in [-0.3, -0.25) is 0 Å². The number of nitrogens with two attached hydrogens (primary N) is 1. The summed E-state index contributed by atoms with van der Waals surface area (Å²) in [5.41, 5.74) is 6.92. The highest BCUT2D eigenvalue weighted by Gasteiger charge is 2.10. The first-order valence-electron chi connectivity index (χ1n) is 5.65. The summed E-state index contributed by atoms with van der Waals surface area (Å²) >= 11 is 3.28. The average molecular weight is 336 g/mol. The third-order valence-electron chi connectivity index (χ3n) is 2.69. The maximum absolute atomic E-state index is 13.9. The van der Waals surface area contributed by atoms with Crippen LogP contribution in [0, 0.1) is 17.1 Å². The summed E-state index contributed by atoms with van der Waals surface area (Å²) in [4.78, 5) is 0. The van der Waals surface area contributed by atoms with Gasteiger partial charge >= 0.3 is 0 Å². The van der Waals surface area contributed by atoms with Gasteiger partial charge in [-0.15, -0.1) is 0 Å². The molecule has 102 valence electrons. The third-order valence-corrected chi connectivity index (χ3v) is 3.18. The Morgan fingerprint density at radius 1 is 1.30 bits per heavy atom. The molecule has 0 saturated carbocycles. The maximum Gasteiger partial charge on any atom is 0.148 e. The highest BCUT2D eigenvalue weighted by Crippen LogP contribution is 2.31. The van der Waals surface area contributed by atoms with Gasteiger partial charge in [-0.2, -0.15) is 5.26 Å². The van der Waals surface area contributed by atoms with Crippen LogP contribution in [0.25, 0.3) is 0 Å². The van der Waals surface area contributed by atoms with Gasteiger partial charge in [-0.1, -0.05) is 15.9 Å². The standard InChI is InChI=1S/C14H11BrFN3O/c1-20-14-6-13(10(16)5-11(14)18)19-12-3-2-9(15)4-8(12)7-17/h2-6,19H,18H2,1H3. The van der Waals surface area contributed by atoms with Gasteiger partial charge in [0.2, 0.25) is 0 Å². The molecule has 0 bridgehead atoms. The first-order valence-corrected chi connectivity index (χ1v) is 6.44. The lowest BCUT2D eigenvalue weighted by Crippen LogP contribution is -2.00. The van der Waals surface area contributed by atoms with Gasteiger partial charge in [-0.05, 0) is 18.2 Å². The molecule has 0 saturated heterocycles. The molecule has 2 rings (SSSR count). The highest BCUT2D eigenvalue weighted by atomic mass is 79.9. The molecule has 0 unspecified atom stereocenters. The number of hydrogen-bond donors (Lipinski definition) is 2. The zero-order valence-electron chi connectivity index (χ0n) is 10.6. The zero-order chi connectivity index (χ0) is 14.7. The van der Waals surface area contributed by atoms with E-state index in [-0.39, 0.29) is 11.4 Å². The van der Waals surface area contributed by atoms with E-state index in [4.69, 9.17) is 15.7 Å². The number of benzene rings is 2. The molecule has 0 fully saturated rings. The summed E-state index contributed by atoms with van der Waals surface area (Å²) in [6.45, 7) is 0. The Balaban J connectivity index is 2.43. The van der Waals surface area contributed by atoms with Crippen molar-refractivity contribution in [1.82, 2.24) is 0 Å². The van der Waals surface area contributed by atoms with Gasteiger partial charge < -0.3 is 15.8 Å². The van der Waals surface area contributed by atoms with Gasteiger partial charge in [-0.25, -0.2) is 4.39 Å². The lowest BCUT2D eigenvalue weighted by atomic mass is 10.1. The molecule has 6 heteroatoms. The number of nitrogens with one attached hydrogen (secondary N) is 1. The first-order chi connectivity index (χ1) is 9.55. The molecule has 2 aromatic carbocycles. The SMILES string of the molecule is COc1cc(Nc2ccc(Br)cc2C#N)c(F)cc1N. The van der Waals surface area contributed by atoms with Crippen LogP contribution in [0.5, 0.6) is 5.75 Å². The van der Waals surface area contributed by atoms with E-state index in [9.17, 15) is 4.39 Å². The Bertz CT molecular complexity index is 698. The van der Waals surface area contributed by atoms with E-state index in [0.29, 0.717) is 17.0 Å². The number of nitrogen functional groups attached to an aromatic ring is 1. The number of hydrogen-bond acceptors (Lipinski definition) is 4. The van der Waals surface area contributed by atoms with Gasteiger partial charge in [0.15, 0.2) is 0 Å². The van der Waals surface area contributed by atoms with Crippen LogP contribution in [0.2, 0.25) is 0 Å². The first kappa shape index (κ1) is 14.2. The van der Waals surface area contributed by atoms with E-state index in [2.05, 4.69) is 21.2 Å². The summed E-state index contributed by atoms with van der Waals surface area (Å²) in [6.07, 6.45) is 0. The Labute approximate surface area is 124 Å². The molecular weight excluding hydrogens is 325 g/mol. The molecule has 0 radical (unpaired) electrons. The number of ether oxygens (including phenoxy) is 1. The van der Waals surface area contributed by atoms with Crippen LogP contribution in [-0.2, 0) is 0 Å². The van der Waals surface area contributed by atoms with Crippen LogP contribution in [0.1, 0.15) is 5.56 Å².